The molecule has 6 nitrogen and oxygen atoms in total. The molecule has 1 aliphatic heterocycles. The summed E-state index contributed by atoms with van der Waals surface area (Å²) in [5.74, 6) is -0.554. The van der Waals surface area contributed by atoms with E-state index in [9.17, 15) is 14.7 Å². The number of carbonyl (C=O) groups is 2. The zero-order valence-electron chi connectivity index (χ0n) is 14.8. The Morgan fingerprint density at radius 2 is 2.00 bits per heavy atom. The minimum Gasteiger partial charge on any atom is -0.481 e. The molecule has 136 valence electrons. The number of aliphatic carboxylic acids is 1. The highest BCUT2D eigenvalue weighted by Gasteiger charge is 2.56. The highest BCUT2D eigenvalue weighted by atomic mass is 16.4. The van der Waals surface area contributed by atoms with Gasteiger partial charge in [-0.25, -0.2) is 0 Å². The van der Waals surface area contributed by atoms with Gasteiger partial charge >= 0.3 is 5.97 Å². The molecule has 6 heteroatoms. The fraction of sp³-hybridized carbons (Fsp3) is 0.450. The molecule has 1 amide bonds. The molecule has 2 heterocycles. The molecule has 0 spiro atoms. The Hall–Kier alpha value is -2.63. The van der Waals surface area contributed by atoms with Crippen LogP contribution in [-0.4, -0.2) is 44.8 Å². The maximum absolute atomic E-state index is 12.9. The van der Waals surface area contributed by atoms with Crippen molar-refractivity contribution in [3.63, 3.8) is 0 Å². The second-order valence-electron chi connectivity index (χ2n) is 7.57. The van der Waals surface area contributed by atoms with Crippen molar-refractivity contribution in [3.05, 3.63) is 53.9 Å². The number of nitrogens with zero attached hydrogens (tertiary/aromatic N) is 3. The molecule has 0 bridgehead atoms. The topological polar surface area (TPSA) is 75.4 Å². The van der Waals surface area contributed by atoms with Gasteiger partial charge < -0.3 is 10.0 Å². The Kier molecular flexibility index (Phi) is 4.05. The maximum Gasteiger partial charge on any atom is 0.311 e. The van der Waals surface area contributed by atoms with Gasteiger partial charge in [-0.3, -0.25) is 14.3 Å². The molecule has 1 saturated carbocycles. The van der Waals surface area contributed by atoms with Crippen LogP contribution in [-0.2, 0) is 11.8 Å². The van der Waals surface area contributed by atoms with Crippen LogP contribution in [0.3, 0.4) is 0 Å². The molecule has 1 saturated heterocycles. The molecule has 1 aromatic heterocycles. The van der Waals surface area contributed by atoms with Crippen molar-refractivity contribution in [2.45, 2.75) is 25.2 Å². The van der Waals surface area contributed by atoms with E-state index in [2.05, 4.69) is 17.2 Å². The van der Waals surface area contributed by atoms with Gasteiger partial charge in [0.2, 0.25) is 0 Å². The van der Waals surface area contributed by atoms with Crippen LogP contribution in [0.25, 0.3) is 0 Å². The van der Waals surface area contributed by atoms with E-state index in [1.54, 1.807) is 28.9 Å². The molecule has 0 unspecified atom stereocenters. The van der Waals surface area contributed by atoms with Crippen LogP contribution in [0.15, 0.2) is 42.6 Å². The van der Waals surface area contributed by atoms with Gasteiger partial charge in [-0.05, 0) is 42.7 Å². The first-order valence-electron chi connectivity index (χ1n) is 9.07. The molecule has 26 heavy (non-hydrogen) atoms. The predicted molar refractivity (Wildman–Crippen MR) is 95.7 cm³/mol. The summed E-state index contributed by atoms with van der Waals surface area (Å²) in [5, 5.41) is 14.0. The van der Waals surface area contributed by atoms with E-state index < -0.39 is 11.4 Å². The molecule has 2 aromatic rings. The second-order valence-corrected chi connectivity index (χ2v) is 7.57. The van der Waals surface area contributed by atoms with Crippen molar-refractivity contribution in [2.24, 2.45) is 18.4 Å². The number of carboxylic acid groups (broad SMARTS) is 1. The van der Waals surface area contributed by atoms with Crippen LogP contribution in [0.1, 0.15) is 41.2 Å². The standard InChI is InChI=1S/C20H23N3O3/c1-22-17(8-10-21-22)18(24)23-12-16-11-15(14-5-3-2-4-6-14)7-9-20(16,13-23)19(25)26/h2-6,8,10,15-16H,7,9,11-13H2,1H3,(H,25,26)/t15-,16-,20-/m1/s1. The maximum atomic E-state index is 12.9. The molecule has 4 rings (SSSR count). The van der Waals surface area contributed by atoms with E-state index in [1.807, 2.05) is 18.2 Å². The Morgan fingerprint density at radius 1 is 1.23 bits per heavy atom. The van der Waals surface area contributed by atoms with E-state index in [4.69, 9.17) is 0 Å². The van der Waals surface area contributed by atoms with Crippen molar-refractivity contribution < 1.29 is 14.7 Å². The molecule has 2 fully saturated rings. The fourth-order valence-corrected chi connectivity index (χ4v) is 4.73. The zero-order valence-corrected chi connectivity index (χ0v) is 14.8. The van der Waals surface area contributed by atoms with Gasteiger partial charge in [0, 0.05) is 26.3 Å². The van der Waals surface area contributed by atoms with Gasteiger partial charge in [0.05, 0.1) is 5.41 Å². The Morgan fingerprint density at radius 3 is 2.65 bits per heavy atom. The highest BCUT2D eigenvalue weighted by molar-refractivity contribution is 5.93. The van der Waals surface area contributed by atoms with E-state index in [0.29, 0.717) is 31.1 Å². The van der Waals surface area contributed by atoms with E-state index in [-0.39, 0.29) is 11.8 Å². The van der Waals surface area contributed by atoms with Gasteiger partial charge in [-0.1, -0.05) is 30.3 Å². The van der Waals surface area contributed by atoms with Crippen LogP contribution < -0.4 is 0 Å². The average molecular weight is 353 g/mol. The molecular weight excluding hydrogens is 330 g/mol. The van der Waals surface area contributed by atoms with Gasteiger partial charge in [0.25, 0.3) is 5.91 Å². The summed E-state index contributed by atoms with van der Waals surface area (Å²) < 4.78 is 1.55. The lowest BCUT2D eigenvalue weighted by molar-refractivity contribution is -0.152. The lowest BCUT2D eigenvalue weighted by Gasteiger charge is -2.38. The number of carbonyl (C=O) groups excluding carboxylic acids is 1. The normalized spacial score (nSPS) is 28.0. The molecular formula is C20H23N3O3. The molecule has 0 radical (unpaired) electrons. The molecule has 1 aliphatic carbocycles. The third-order valence-corrected chi connectivity index (χ3v) is 6.23. The number of likely N-dealkylation sites (tertiary alicyclic amines) is 1. The summed E-state index contributed by atoms with van der Waals surface area (Å²) in [7, 11) is 1.73. The van der Waals surface area contributed by atoms with E-state index >= 15 is 0 Å². The second kappa shape index (κ2) is 6.27. The predicted octanol–water partition coefficient (Wildman–Crippen LogP) is 2.53. The first kappa shape index (κ1) is 16.8. The van der Waals surface area contributed by atoms with E-state index in [0.717, 1.165) is 12.8 Å². The Labute approximate surface area is 152 Å². The van der Waals surface area contributed by atoms with Crippen LogP contribution in [0, 0.1) is 11.3 Å². The summed E-state index contributed by atoms with van der Waals surface area (Å²) >= 11 is 0. The summed E-state index contributed by atoms with van der Waals surface area (Å²) in [6.07, 6.45) is 3.86. The number of aryl methyl sites for hydroxylation is 1. The van der Waals surface area contributed by atoms with Gasteiger partial charge in [0.15, 0.2) is 0 Å². The van der Waals surface area contributed by atoms with Crippen molar-refractivity contribution in [1.29, 1.82) is 0 Å². The van der Waals surface area contributed by atoms with Crippen LogP contribution in [0.4, 0.5) is 0 Å². The van der Waals surface area contributed by atoms with Crippen LogP contribution in [0.5, 0.6) is 0 Å². The minimum atomic E-state index is -0.820. The highest BCUT2D eigenvalue weighted by Crippen LogP contribution is 2.51. The first-order valence-corrected chi connectivity index (χ1v) is 9.07. The Balaban J connectivity index is 1.59. The number of hydrogen-bond donors (Lipinski definition) is 1. The quantitative estimate of drug-likeness (QED) is 0.920. The first-order chi connectivity index (χ1) is 12.5. The lowest BCUT2D eigenvalue weighted by Crippen LogP contribution is -2.43. The fourth-order valence-electron chi connectivity index (χ4n) is 4.73. The minimum absolute atomic E-state index is 0.0175. The molecule has 3 atom stereocenters. The van der Waals surface area contributed by atoms with Crippen molar-refractivity contribution in [2.75, 3.05) is 13.1 Å². The smallest absolute Gasteiger partial charge is 0.311 e. The molecule has 1 aromatic carbocycles. The largest absolute Gasteiger partial charge is 0.481 e. The number of rotatable bonds is 3. The van der Waals surface area contributed by atoms with Crippen molar-refractivity contribution >= 4 is 11.9 Å². The Bertz CT molecular complexity index is 832. The summed E-state index contributed by atoms with van der Waals surface area (Å²) in [5.41, 5.74) is 0.950. The number of amides is 1. The summed E-state index contributed by atoms with van der Waals surface area (Å²) in [4.78, 5) is 26.7. The number of carboxylic acids is 1. The monoisotopic (exact) mass is 353 g/mol. The number of fused-ring (bicyclic) bond motifs is 1. The van der Waals surface area contributed by atoms with Crippen molar-refractivity contribution in [3.8, 4) is 0 Å². The number of aromatic nitrogens is 2. The number of hydrogen-bond acceptors (Lipinski definition) is 3. The number of benzene rings is 1. The third kappa shape index (κ3) is 2.60. The SMILES string of the molecule is Cn1nccc1C(=O)N1C[C@H]2C[C@H](c3ccccc3)CC[C@@]2(C(=O)O)C1. The van der Waals surface area contributed by atoms with Crippen molar-refractivity contribution in [1.82, 2.24) is 14.7 Å². The van der Waals surface area contributed by atoms with Gasteiger partial charge in [0.1, 0.15) is 5.69 Å². The van der Waals surface area contributed by atoms with Crippen LogP contribution >= 0.6 is 0 Å². The molecule has 1 N–H and O–H groups in total. The average Bonchev–Trinajstić information content (AvgIpc) is 3.25. The van der Waals surface area contributed by atoms with E-state index in [1.165, 1.54) is 5.56 Å². The zero-order chi connectivity index (χ0) is 18.3. The lowest BCUT2D eigenvalue weighted by atomic mass is 9.64. The molecule has 2 aliphatic rings. The summed E-state index contributed by atoms with van der Waals surface area (Å²) in [6.45, 7) is 0.790. The van der Waals surface area contributed by atoms with Gasteiger partial charge in [-0.15, -0.1) is 0 Å². The van der Waals surface area contributed by atoms with Gasteiger partial charge in [-0.2, -0.15) is 5.10 Å². The third-order valence-electron chi connectivity index (χ3n) is 6.23. The van der Waals surface area contributed by atoms with Crippen LogP contribution in [0.2, 0.25) is 0 Å². The summed E-state index contributed by atoms with van der Waals surface area (Å²) in [6, 6.07) is 12.0.